The minimum absolute atomic E-state index is 0.0619. The zero-order chi connectivity index (χ0) is 24.1. The fraction of sp³-hybridized carbons (Fsp3) is 0.440. The molecule has 1 unspecified atom stereocenters. The molecular weight excluding hydrogens is 438 g/mol. The molecule has 1 fully saturated rings. The number of aryl methyl sites for hydroxylation is 2. The van der Waals surface area contributed by atoms with Gasteiger partial charge < -0.3 is 10.2 Å². The second-order valence-electron chi connectivity index (χ2n) is 9.66. The summed E-state index contributed by atoms with van der Waals surface area (Å²) in [4.78, 5) is 27.2. The van der Waals surface area contributed by atoms with E-state index in [1.807, 2.05) is 45.9 Å². The molecule has 0 spiro atoms. The van der Waals surface area contributed by atoms with Crippen LogP contribution in [-0.2, 0) is 25.0 Å². The first-order valence-electron chi connectivity index (χ1n) is 11.2. The van der Waals surface area contributed by atoms with Crippen LogP contribution >= 0.6 is 0 Å². The normalized spacial score (nSPS) is 20.6. The molecule has 2 aliphatic heterocycles. The second kappa shape index (κ2) is 8.25. The molecule has 0 aromatic heterocycles. The number of rotatable bonds is 4. The third-order valence-electron chi connectivity index (χ3n) is 7.01. The van der Waals surface area contributed by atoms with E-state index < -0.39 is 21.4 Å². The summed E-state index contributed by atoms with van der Waals surface area (Å²) in [5.74, 6) is -0.651. The fourth-order valence-corrected chi connectivity index (χ4v) is 6.25. The topological polar surface area (TPSA) is 86.8 Å². The highest BCUT2D eigenvalue weighted by Gasteiger charge is 2.43. The zero-order valence-electron chi connectivity index (χ0n) is 19.8. The lowest BCUT2D eigenvalue weighted by atomic mass is 9.86. The molecule has 2 aromatic rings. The van der Waals surface area contributed by atoms with Gasteiger partial charge in [0.05, 0.1) is 16.2 Å². The van der Waals surface area contributed by atoms with Crippen LogP contribution in [-0.4, -0.2) is 44.7 Å². The molecule has 0 bridgehead atoms. The summed E-state index contributed by atoms with van der Waals surface area (Å²) in [6.45, 7) is 8.12. The van der Waals surface area contributed by atoms with Crippen LogP contribution in [0.2, 0.25) is 0 Å². The van der Waals surface area contributed by atoms with Crippen LogP contribution in [0.15, 0.2) is 41.3 Å². The Morgan fingerprint density at radius 1 is 1.09 bits per heavy atom. The van der Waals surface area contributed by atoms with E-state index in [2.05, 4.69) is 5.32 Å². The van der Waals surface area contributed by atoms with E-state index in [1.165, 1.54) is 4.31 Å². The Bertz CT molecular complexity index is 1240. The third-order valence-corrected chi connectivity index (χ3v) is 8.87. The number of nitrogens with zero attached hydrogens (tertiary/aromatic N) is 2. The van der Waals surface area contributed by atoms with Gasteiger partial charge in [0.2, 0.25) is 21.8 Å². The average molecular weight is 470 g/mol. The monoisotopic (exact) mass is 469 g/mol. The van der Waals surface area contributed by atoms with Crippen molar-refractivity contribution in [2.45, 2.75) is 50.8 Å². The molecule has 4 rings (SSSR count). The number of carbonyl (C=O) groups excluding carboxylic acids is 2. The van der Waals surface area contributed by atoms with Crippen LogP contribution in [0.25, 0.3) is 0 Å². The molecule has 2 aliphatic rings. The predicted molar refractivity (Wildman–Crippen MR) is 129 cm³/mol. The van der Waals surface area contributed by atoms with Crippen LogP contribution in [0.1, 0.15) is 43.4 Å². The number of hydrogen-bond donors (Lipinski definition) is 1. The van der Waals surface area contributed by atoms with Gasteiger partial charge in [0, 0.05) is 31.5 Å². The van der Waals surface area contributed by atoms with E-state index >= 15 is 0 Å². The molecule has 1 N–H and O–H groups in total. The summed E-state index contributed by atoms with van der Waals surface area (Å²) in [5.41, 5.74) is 3.60. The highest BCUT2D eigenvalue weighted by atomic mass is 32.2. The van der Waals surface area contributed by atoms with Crippen molar-refractivity contribution in [1.29, 1.82) is 0 Å². The van der Waals surface area contributed by atoms with Crippen LogP contribution in [0.5, 0.6) is 0 Å². The van der Waals surface area contributed by atoms with Gasteiger partial charge in [0.15, 0.2) is 0 Å². The first kappa shape index (κ1) is 23.4. The van der Waals surface area contributed by atoms with Gasteiger partial charge >= 0.3 is 0 Å². The molecular formula is C25H31N3O4S. The lowest BCUT2D eigenvalue weighted by Gasteiger charge is -2.31. The number of benzene rings is 2. The van der Waals surface area contributed by atoms with Gasteiger partial charge in [-0.2, -0.15) is 4.31 Å². The van der Waals surface area contributed by atoms with Crippen LogP contribution < -0.4 is 10.2 Å². The van der Waals surface area contributed by atoms with E-state index in [4.69, 9.17) is 0 Å². The van der Waals surface area contributed by atoms with E-state index in [0.29, 0.717) is 24.9 Å². The summed E-state index contributed by atoms with van der Waals surface area (Å²) in [5, 5.41) is 2.94. The quantitative estimate of drug-likeness (QED) is 0.741. The highest BCUT2D eigenvalue weighted by Crippen LogP contribution is 2.42. The number of amides is 2. The van der Waals surface area contributed by atoms with Crippen LogP contribution in [0.4, 0.5) is 11.4 Å². The Morgan fingerprint density at radius 3 is 2.52 bits per heavy atom. The first-order chi connectivity index (χ1) is 15.4. The molecule has 0 saturated carbocycles. The molecule has 0 radical (unpaired) electrons. The van der Waals surface area contributed by atoms with Gasteiger partial charge in [-0.25, -0.2) is 8.42 Å². The number of sulfonamides is 1. The Kier molecular flexibility index (Phi) is 5.87. The molecule has 2 amide bonds. The Morgan fingerprint density at radius 2 is 1.82 bits per heavy atom. The summed E-state index contributed by atoms with van der Waals surface area (Å²) >= 11 is 0. The molecule has 1 saturated heterocycles. The zero-order valence-corrected chi connectivity index (χ0v) is 20.6. The molecule has 176 valence electrons. The SMILES string of the molecule is Cc1ccc(NC(=O)C2CCCN(S(=O)(=O)c3ccc4c(c3)C(C)(C)C(=O)N4C)C2)cc1C. The number of fused-ring (bicyclic) bond motifs is 1. The molecule has 33 heavy (non-hydrogen) atoms. The van der Waals surface area contributed by atoms with Crippen molar-refractivity contribution < 1.29 is 18.0 Å². The van der Waals surface area contributed by atoms with E-state index in [-0.39, 0.29) is 23.3 Å². The van der Waals surface area contributed by atoms with E-state index in [9.17, 15) is 18.0 Å². The Hall–Kier alpha value is -2.71. The Balaban J connectivity index is 1.54. The van der Waals surface area contributed by atoms with Crippen molar-refractivity contribution in [2.75, 3.05) is 30.4 Å². The molecule has 8 heteroatoms. The average Bonchev–Trinajstić information content (AvgIpc) is 2.96. The van der Waals surface area contributed by atoms with Crippen molar-refractivity contribution in [1.82, 2.24) is 4.31 Å². The summed E-state index contributed by atoms with van der Waals surface area (Å²) in [6.07, 6.45) is 1.25. The fourth-order valence-electron chi connectivity index (χ4n) is 4.70. The molecule has 7 nitrogen and oxygen atoms in total. The van der Waals surface area contributed by atoms with Gasteiger partial charge in [-0.05, 0) is 87.6 Å². The second-order valence-corrected chi connectivity index (χ2v) is 11.6. The predicted octanol–water partition coefficient (Wildman–Crippen LogP) is 3.60. The van der Waals surface area contributed by atoms with Crippen LogP contribution in [0.3, 0.4) is 0 Å². The van der Waals surface area contributed by atoms with E-state index in [0.717, 1.165) is 22.5 Å². The van der Waals surface area contributed by atoms with Gasteiger partial charge in [0.25, 0.3) is 0 Å². The molecule has 1 atom stereocenters. The minimum Gasteiger partial charge on any atom is -0.326 e. The molecule has 0 aliphatic carbocycles. The molecule has 2 heterocycles. The van der Waals surface area contributed by atoms with E-state index in [1.54, 1.807) is 30.1 Å². The largest absolute Gasteiger partial charge is 0.326 e. The molecule has 2 aromatic carbocycles. The van der Waals surface area contributed by atoms with Crippen molar-refractivity contribution in [2.24, 2.45) is 5.92 Å². The minimum atomic E-state index is -3.80. The maximum Gasteiger partial charge on any atom is 0.243 e. The Labute approximate surface area is 195 Å². The van der Waals surface area contributed by atoms with Crippen molar-refractivity contribution in [3.63, 3.8) is 0 Å². The highest BCUT2D eigenvalue weighted by molar-refractivity contribution is 7.89. The maximum absolute atomic E-state index is 13.5. The number of hydrogen-bond acceptors (Lipinski definition) is 4. The first-order valence-corrected chi connectivity index (χ1v) is 12.7. The smallest absolute Gasteiger partial charge is 0.243 e. The van der Waals surface area contributed by atoms with Crippen molar-refractivity contribution in [3.8, 4) is 0 Å². The maximum atomic E-state index is 13.5. The van der Waals surface area contributed by atoms with Gasteiger partial charge in [0.1, 0.15) is 0 Å². The van der Waals surface area contributed by atoms with Crippen molar-refractivity contribution >= 4 is 33.2 Å². The van der Waals surface area contributed by atoms with Crippen LogP contribution in [0, 0.1) is 19.8 Å². The number of piperidine rings is 1. The third kappa shape index (κ3) is 4.06. The lowest BCUT2D eigenvalue weighted by Crippen LogP contribution is -2.43. The number of carbonyl (C=O) groups is 2. The summed E-state index contributed by atoms with van der Waals surface area (Å²) < 4.78 is 28.3. The number of likely N-dealkylation sites (N-methyl/N-ethyl adjacent to an activating group) is 1. The summed E-state index contributed by atoms with van der Waals surface area (Å²) in [7, 11) is -2.10. The summed E-state index contributed by atoms with van der Waals surface area (Å²) in [6, 6.07) is 10.6. The lowest BCUT2D eigenvalue weighted by molar-refractivity contribution is -0.122. The van der Waals surface area contributed by atoms with Gasteiger partial charge in [-0.3, -0.25) is 9.59 Å². The number of nitrogens with one attached hydrogen (secondary N) is 1. The van der Waals surface area contributed by atoms with Crippen molar-refractivity contribution in [3.05, 3.63) is 53.1 Å². The van der Waals surface area contributed by atoms with Gasteiger partial charge in [-0.1, -0.05) is 6.07 Å². The standard InChI is InChI=1S/C25H31N3O4S/c1-16-8-9-19(13-17(16)2)26-23(29)18-7-6-12-28(15-18)33(31,32)20-10-11-22-21(14-20)25(3,4)24(30)27(22)5/h8-11,13-14,18H,6-7,12,15H2,1-5H3,(H,26,29). The number of anilines is 2. The van der Waals surface area contributed by atoms with Gasteiger partial charge in [-0.15, -0.1) is 0 Å².